The van der Waals surface area contributed by atoms with Gasteiger partial charge in [-0.15, -0.1) is 0 Å². The number of amides is 1. The van der Waals surface area contributed by atoms with Crippen molar-refractivity contribution in [3.05, 3.63) is 34.1 Å². The number of carbonyl (C=O) groups excluding carboxylic acids is 1. The minimum Gasteiger partial charge on any atom is -0.358 e. The average Bonchev–Trinajstić information content (AvgIpc) is 2.49. The highest BCUT2D eigenvalue weighted by molar-refractivity contribution is 9.10. The molecule has 0 bridgehead atoms. The van der Waals surface area contributed by atoms with Gasteiger partial charge in [0.25, 0.3) is 5.91 Å². The van der Waals surface area contributed by atoms with Crippen molar-refractivity contribution >= 4 is 39.2 Å². The molecule has 0 unspecified atom stereocenters. The lowest BCUT2D eigenvalue weighted by molar-refractivity contribution is 0.0939. The molecule has 0 aliphatic heterocycles. The molecule has 0 spiro atoms. The first-order valence-corrected chi connectivity index (χ1v) is 8.90. The van der Waals surface area contributed by atoms with E-state index in [1.807, 2.05) is 0 Å². The third-order valence-electron chi connectivity index (χ3n) is 4.49. The van der Waals surface area contributed by atoms with Crippen LogP contribution < -0.4 is 16.2 Å². The number of nitrogens with one attached hydrogen (secondary N) is 3. The lowest BCUT2D eigenvalue weighted by Gasteiger charge is -2.35. The van der Waals surface area contributed by atoms with E-state index in [2.05, 4.69) is 45.9 Å². The Morgan fingerprint density at radius 3 is 2.74 bits per heavy atom. The Bertz CT molecular complexity index is 599. The van der Waals surface area contributed by atoms with Gasteiger partial charge in [0, 0.05) is 10.5 Å². The fourth-order valence-corrected chi connectivity index (χ4v) is 3.38. The van der Waals surface area contributed by atoms with E-state index >= 15 is 0 Å². The van der Waals surface area contributed by atoms with Crippen molar-refractivity contribution in [3.8, 4) is 0 Å². The van der Waals surface area contributed by atoms with Gasteiger partial charge in [-0.3, -0.25) is 15.6 Å². The molecule has 0 saturated heterocycles. The Balaban J connectivity index is 1.85. The van der Waals surface area contributed by atoms with E-state index in [0.717, 1.165) is 6.42 Å². The Morgan fingerprint density at radius 2 is 2.04 bits per heavy atom. The lowest BCUT2D eigenvalue weighted by Crippen LogP contribution is -2.52. The number of thiocarbonyl (C=S) groups is 1. The molecule has 23 heavy (non-hydrogen) atoms. The normalized spacial score (nSPS) is 23.9. The van der Waals surface area contributed by atoms with Gasteiger partial charge in [-0.2, -0.15) is 0 Å². The van der Waals surface area contributed by atoms with Crippen LogP contribution in [0, 0.1) is 17.7 Å². The molecule has 7 heteroatoms. The van der Waals surface area contributed by atoms with Crippen LogP contribution in [0.2, 0.25) is 0 Å². The number of carbonyl (C=O) groups is 1. The number of rotatable bonds is 2. The van der Waals surface area contributed by atoms with Gasteiger partial charge < -0.3 is 5.32 Å². The third kappa shape index (κ3) is 4.88. The van der Waals surface area contributed by atoms with Crippen LogP contribution in [0.25, 0.3) is 0 Å². The zero-order chi connectivity index (χ0) is 17.0. The minimum absolute atomic E-state index is 0.0387. The molecule has 1 aromatic rings. The Kier molecular flexibility index (Phi) is 6.35. The van der Waals surface area contributed by atoms with Gasteiger partial charge >= 0.3 is 0 Å². The summed E-state index contributed by atoms with van der Waals surface area (Å²) in [5.74, 6) is 0.00936. The minimum atomic E-state index is -0.590. The zero-order valence-corrected chi connectivity index (χ0v) is 15.6. The highest BCUT2D eigenvalue weighted by atomic mass is 79.9. The molecule has 1 fully saturated rings. The van der Waals surface area contributed by atoms with E-state index in [1.165, 1.54) is 25.0 Å². The van der Waals surface area contributed by atoms with E-state index in [0.29, 0.717) is 27.5 Å². The largest absolute Gasteiger partial charge is 0.358 e. The molecule has 1 saturated carbocycles. The quantitative estimate of drug-likeness (QED) is 0.524. The molecule has 4 nitrogen and oxygen atoms in total. The summed E-state index contributed by atoms with van der Waals surface area (Å²) in [5, 5.41) is 3.58. The van der Waals surface area contributed by atoms with Crippen molar-refractivity contribution in [1.29, 1.82) is 0 Å². The van der Waals surface area contributed by atoms with Gasteiger partial charge in [-0.05, 0) is 48.7 Å². The molecule has 0 heterocycles. The molecule has 0 radical (unpaired) electrons. The van der Waals surface area contributed by atoms with Crippen LogP contribution in [0.1, 0.15) is 43.5 Å². The van der Waals surface area contributed by atoms with E-state index < -0.39 is 11.7 Å². The van der Waals surface area contributed by atoms with Crippen LogP contribution in [0.15, 0.2) is 22.7 Å². The number of hydrazine groups is 1. The third-order valence-corrected chi connectivity index (χ3v) is 5.20. The maximum absolute atomic E-state index is 13.7. The smallest absolute Gasteiger partial charge is 0.272 e. The molecular formula is C16H21BrFN3OS. The first-order valence-electron chi connectivity index (χ1n) is 7.70. The molecule has 1 amide bonds. The number of hydrogen-bond acceptors (Lipinski definition) is 2. The molecular weight excluding hydrogens is 381 g/mol. The summed E-state index contributed by atoms with van der Waals surface area (Å²) >= 11 is 8.37. The standard InChI is InChI=1S/C16H21BrFN3OS/c1-9-4-3-5-14(10(9)2)19-16(23)21-20-15(22)12-7-6-11(17)8-13(12)18/h6-10,14H,3-5H2,1-2H3,(H,20,22)(H2,19,21,23)/t9-,10+,14-/m0/s1. The molecule has 1 aliphatic carbocycles. The molecule has 126 valence electrons. The zero-order valence-electron chi connectivity index (χ0n) is 13.2. The number of hydrogen-bond donors (Lipinski definition) is 3. The summed E-state index contributed by atoms with van der Waals surface area (Å²) in [6.07, 6.45) is 3.46. The van der Waals surface area contributed by atoms with Crippen LogP contribution >= 0.6 is 28.1 Å². The molecule has 1 aromatic carbocycles. The van der Waals surface area contributed by atoms with Crippen molar-refractivity contribution in [2.45, 2.75) is 39.2 Å². The second kappa shape index (κ2) is 8.06. The molecule has 1 aliphatic rings. The van der Waals surface area contributed by atoms with E-state index in [4.69, 9.17) is 12.2 Å². The lowest BCUT2D eigenvalue weighted by atomic mass is 9.78. The van der Waals surface area contributed by atoms with E-state index in [9.17, 15) is 9.18 Å². The molecule has 2 rings (SSSR count). The molecule has 3 N–H and O–H groups in total. The summed E-state index contributed by atoms with van der Waals surface area (Å²) < 4.78 is 14.3. The van der Waals surface area contributed by atoms with Crippen molar-refractivity contribution in [3.63, 3.8) is 0 Å². The maximum Gasteiger partial charge on any atom is 0.272 e. The van der Waals surface area contributed by atoms with Gasteiger partial charge in [0.15, 0.2) is 5.11 Å². The second-order valence-corrected chi connectivity index (χ2v) is 7.37. The summed E-state index contributed by atoms with van der Waals surface area (Å²) in [4.78, 5) is 12.0. The first kappa shape index (κ1) is 18.1. The fourth-order valence-electron chi connectivity index (χ4n) is 2.84. The SMILES string of the molecule is C[C@H]1[C@@H](NC(=S)NNC(=O)c2ccc(Br)cc2F)CCC[C@@H]1C. The first-order chi connectivity index (χ1) is 10.9. The number of benzene rings is 1. The monoisotopic (exact) mass is 401 g/mol. The average molecular weight is 402 g/mol. The van der Waals surface area contributed by atoms with Gasteiger partial charge in [-0.1, -0.05) is 42.6 Å². The predicted octanol–water partition coefficient (Wildman–Crippen LogP) is 3.52. The predicted molar refractivity (Wildman–Crippen MR) is 96.4 cm³/mol. The molecule has 3 atom stereocenters. The molecule has 0 aromatic heterocycles. The topological polar surface area (TPSA) is 53.2 Å². The maximum atomic E-state index is 13.7. The van der Waals surface area contributed by atoms with Crippen molar-refractivity contribution in [2.75, 3.05) is 0 Å². The van der Waals surface area contributed by atoms with Gasteiger partial charge in [-0.25, -0.2) is 4.39 Å². The van der Waals surface area contributed by atoms with Crippen LogP contribution in [0.5, 0.6) is 0 Å². The Morgan fingerprint density at radius 1 is 1.30 bits per heavy atom. The van der Waals surface area contributed by atoms with E-state index in [-0.39, 0.29) is 5.56 Å². The highest BCUT2D eigenvalue weighted by Gasteiger charge is 2.27. The Labute approximate surface area is 149 Å². The summed E-state index contributed by atoms with van der Waals surface area (Å²) in [6.45, 7) is 4.45. The van der Waals surface area contributed by atoms with Crippen molar-refractivity contribution < 1.29 is 9.18 Å². The summed E-state index contributed by atoms with van der Waals surface area (Å²) in [6, 6.07) is 4.56. The van der Waals surface area contributed by atoms with Gasteiger partial charge in [0.1, 0.15) is 5.82 Å². The second-order valence-electron chi connectivity index (χ2n) is 6.05. The van der Waals surface area contributed by atoms with Crippen LogP contribution in [0.3, 0.4) is 0 Å². The fraction of sp³-hybridized carbons (Fsp3) is 0.500. The van der Waals surface area contributed by atoms with Crippen LogP contribution in [0.4, 0.5) is 4.39 Å². The van der Waals surface area contributed by atoms with Gasteiger partial charge in [0.2, 0.25) is 0 Å². The Hall–Kier alpha value is -1.21. The number of halogens is 2. The van der Waals surface area contributed by atoms with Crippen LogP contribution in [-0.2, 0) is 0 Å². The van der Waals surface area contributed by atoms with Gasteiger partial charge in [0.05, 0.1) is 5.56 Å². The van der Waals surface area contributed by atoms with Crippen LogP contribution in [-0.4, -0.2) is 17.1 Å². The summed E-state index contributed by atoms with van der Waals surface area (Å²) in [7, 11) is 0. The van der Waals surface area contributed by atoms with Crippen molar-refractivity contribution in [2.24, 2.45) is 11.8 Å². The summed E-state index contributed by atoms with van der Waals surface area (Å²) in [5.41, 5.74) is 5.04. The highest BCUT2D eigenvalue weighted by Crippen LogP contribution is 2.29. The van der Waals surface area contributed by atoms with E-state index in [1.54, 1.807) is 6.07 Å². The van der Waals surface area contributed by atoms with Crippen molar-refractivity contribution in [1.82, 2.24) is 16.2 Å².